The summed E-state index contributed by atoms with van der Waals surface area (Å²) in [6.07, 6.45) is -4.58. The zero-order valence-electron chi connectivity index (χ0n) is 9.51. The lowest BCUT2D eigenvalue weighted by Crippen LogP contribution is -2.05. The third kappa shape index (κ3) is 3.52. The zero-order valence-corrected chi connectivity index (χ0v) is 11.0. The summed E-state index contributed by atoms with van der Waals surface area (Å²) in [6, 6.07) is 4.70. The van der Waals surface area contributed by atoms with Crippen molar-refractivity contribution in [2.24, 2.45) is 0 Å². The summed E-state index contributed by atoms with van der Waals surface area (Å²) in [5.74, 6) is -0.999. The molecule has 8 heteroatoms. The molecule has 0 N–H and O–H groups in total. The Labute approximate surface area is 120 Å². The number of alkyl halides is 3. The first-order valence-electron chi connectivity index (χ1n) is 5.13. The summed E-state index contributed by atoms with van der Waals surface area (Å²) in [7, 11) is 0. The van der Waals surface area contributed by atoms with Gasteiger partial charge in [0.1, 0.15) is 16.7 Å². The van der Waals surface area contributed by atoms with Gasteiger partial charge in [-0.25, -0.2) is 9.37 Å². The molecule has 1 aromatic carbocycles. The third-order valence-electron chi connectivity index (χ3n) is 2.21. The van der Waals surface area contributed by atoms with Crippen molar-refractivity contribution in [3.63, 3.8) is 0 Å². The summed E-state index contributed by atoms with van der Waals surface area (Å²) in [5, 5.41) is -0.594. The number of ether oxygens (including phenoxy) is 1. The largest absolute Gasteiger partial charge is 0.439 e. The number of rotatable bonds is 2. The predicted molar refractivity (Wildman–Crippen MR) is 65.7 cm³/mol. The first kappa shape index (κ1) is 14.9. The third-order valence-corrected chi connectivity index (χ3v) is 2.69. The topological polar surface area (TPSA) is 22.1 Å². The lowest BCUT2D eigenvalue weighted by Gasteiger charge is -2.10. The molecular weight excluding hydrogens is 321 g/mol. The zero-order chi connectivity index (χ0) is 14.9. The molecule has 1 aromatic heterocycles. The first-order valence-corrected chi connectivity index (χ1v) is 5.89. The molecule has 0 unspecified atom stereocenters. The van der Waals surface area contributed by atoms with Crippen LogP contribution in [0.5, 0.6) is 11.6 Å². The second-order valence-electron chi connectivity index (χ2n) is 3.69. The number of aromatic nitrogens is 1. The van der Waals surface area contributed by atoms with E-state index in [2.05, 4.69) is 4.98 Å². The van der Waals surface area contributed by atoms with Crippen molar-refractivity contribution >= 4 is 23.2 Å². The van der Waals surface area contributed by atoms with E-state index in [0.29, 0.717) is 12.1 Å². The molecule has 0 amide bonds. The summed E-state index contributed by atoms with van der Waals surface area (Å²) >= 11 is 11.0. The fraction of sp³-hybridized carbons (Fsp3) is 0.0833. The quantitative estimate of drug-likeness (QED) is 0.549. The molecule has 0 aliphatic carbocycles. The van der Waals surface area contributed by atoms with Crippen LogP contribution in [-0.2, 0) is 6.18 Å². The molecule has 0 spiro atoms. The Hall–Kier alpha value is -1.53. The monoisotopic (exact) mass is 325 g/mol. The lowest BCUT2D eigenvalue weighted by atomic mass is 10.2. The Morgan fingerprint density at radius 3 is 2.35 bits per heavy atom. The lowest BCUT2D eigenvalue weighted by molar-refractivity contribution is -0.137. The van der Waals surface area contributed by atoms with Crippen molar-refractivity contribution in [2.75, 3.05) is 0 Å². The van der Waals surface area contributed by atoms with Crippen molar-refractivity contribution in [3.05, 3.63) is 51.9 Å². The molecule has 0 aliphatic heterocycles. The number of halogens is 6. The second kappa shape index (κ2) is 5.46. The summed E-state index contributed by atoms with van der Waals surface area (Å²) in [6.45, 7) is 0. The maximum Gasteiger partial charge on any atom is 0.416 e. The molecule has 2 aromatic rings. The Bertz CT molecular complexity index is 646. The highest BCUT2D eigenvalue weighted by Gasteiger charge is 2.31. The fourth-order valence-electron chi connectivity index (χ4n) is 1.35. The normalized spacial score (nSPS) is 11.5. The van der Waals surface area contributed by atoms with Crippen LogP contribution in [0.1, 0.15) is 5.56 Å². The SMILES string of the molecule is Fc1ccc(Oc2cc(C(F)(F)F)cc(Cl)n2)cc1Cl. The van der Waals surface area contributed by atoms with Crippen LogP contribution in [0.3, 0.4) is 0 Å². The van der Waals surface area contributed by atoms with E-state index in [1.165, 1.54) is 6.07 Å². The molecule has 106 valence electrons. The summed E-state index contributed by atoms with van der Waals surface area (Å²) < 4.78 is 55.8. The van der Waals surface area contributed by atoms with Gasteiger partial charge in [0.2, 0.25) is 5.88 Å². The van der Waals surface area contributed by atoms with Crippen molar-refractivity contribution < 1.29 is 22.3 Å². The number of pyridine rings is 1. The van der Waals surface area contributed by atoms with Gasteiger partial charge in [0.25, 0.3) is 0 Å². The van der Waals surface area contributed by atoms with Crippen molar-refractivity contribution in [2.45, 2.75) is 6.18 Å². The van der Waals surface area contributed by atoms with Gasteiger partial charge in [-0.05, 0) is 18.2 Å². The standard InChI is InChI=1S/C12H5Cl2F4NO/c13-8-5-7(1-2-9(8)15)20-11-4-6(12(16,17)18)3-10(14)19-11/h1-5H. The van der Waals surface area contributed by atoms with Crippen LogP contribution in [0.2, 0.25) is 10.2 Å². The molecule has 2 rings (SSSR count). The average Bonchev–Trinajstić information content (AvgIpc) is 2.32. The smallest absolute Gasteiger partial charge is 0.416 e. The van der Waals surface area contributed by atoms with Gasteiger partial charge in [-0.3, -0.25) is 0 Å². The maximum atomic E-state index is 12.9. The minimum atomic E-state index is -4.58. The molecule has 0 bridgehead atoms. The van der Waals surface area contributed by atoms with E-state index in [-0.39, 0.29) is 21.8 Å². The highest BCUT2D eigenvalue weighted by Crippen LogP contribution is 2.34. The summed E-state index contributed by atoms with van der Waals surface area (Å²) in [5.41, 5.74) is -0.999. The average molecular weight is 326 g/mol. The van der Waals surface area contributed by atoms with Gasteiger partial charge >= 0.3 is 6.18 Å². The van der Waals surface area contributed by atoms with Crippen LogP contribution in [0.25, 0.3) is 0 Å². The van der Waals surface area contributed by atoms with Crippen LogP contribution in [-0.4, -0.2) is 4.98 Å². The molecule has 0 atom stereocenters. The Kier molecular flexibility index (Phi) is 4.06. The van der Waals surface area contributed by atoms with Crippen LogP contribution in [0.15, 0.2) is 30.3 Å². The second-order valence-corrected chi connectivity index (χ2v) is 4.49. The molecule has 0 saturated carbocycles. The van der Waals surface area contributed by atoms with Crippen LogP contribution < -0.4 is 4.74 Å². The molecule has 2 nitrogen and oxygen atoms in total. The Balaban J connectivity index is 2.33. The van der Waals surface area contributed by atoms with Crippen molar-refractivity contribution in [1.29, 1.82) is 0 Å². The maximum absolute atomic E-state index is 12.9. The van der Waals surface area contributed by atoms with E-state index < -0.39 is 17.6 Å². The molecule has 0 aliphatic rings. The van der Waals surface area contributed by atoms with Crippen LogP contribution >= 0.6 is 23.2 Å². The minimum Gasteiger partial charge on any atom is -0.439 e. The van der Waals surface area contributed by atoms with Gasteiger partial charge in [-0.15, -0.1) is 0 Å². The number of nitrogens with zero attached hydrogens (tertiary/aromatic N) is 1. The van der Waals surface area contributed by atoms with E-state index in [1.807, 2.05) is 0 Å². The number of hydrogen-bond donors (Lipinski definition) is 0. The van der Waals surface area contributed by atoms with Crippen LogP contribution in [0, 0.1) is 5.82 Å². The summed E-state index contributed by atoms with van der Waals surface area (Å²) in [4.78, 5) is 3.60. The van der Waals surface area contributed by atoms with Gasteiger partial charge in [0, 0.05) is 12.1 Å². The van der Waals surface area contributed by atoms with E-state index in [0.717, 1.165) is 12.1 Å². The Morgan fingerprint density at radius 1 is 1.05 bits per heavy atom. The number of hydrogen-bond acceptors (Lipinski definition) is 2. The van der Waals surface area contributed by atoms with Gasteiger partial charge in [-0.2, -0.15) is 13.2 Å². The van der Waals surface area contributed by atoms with E-state index in [9.17, 15) is 17.6 Å². The van der Waals surface area contributed by atoms with E-state index >= 15 is 0 Å². The van der Waals surface area contributed by atoms with Crippen molar-refractivity contribution in [3.8, 4) is 11.6 Å². The predicted octanol–water partition coefficient (Wildman–Crippen LogP) is 5.34. The molecule has 0 saturated heterocycles. The fourth-order valence-corrected chi connectivity index (χ4v) is 1.72. The van der Waals surface area contributed by atoms with E-state index in [4.69, 9.17) is 27.9 Å². The molecule has 20 heavy (non-hydrogen) atoms. The van der Waals surface area contributed by atoms with Crippen molar-refractivity contribution in [1.82, 2.24) is 4.98 Å². The molecule has 1 heterocycles. The highest BCUT2D eigenvalue weighted by molar-refractivity contribution is 6.30. The van der Waals surface area contributed by atoms with Gasteiger partial charge < -0.3 is 4.74 Å². The van der Waals surface area contributed by atoms with Gasteiger partial charge in [-0.1, -0.05) is 23.2 Å². The molecule has 0 radical (unpaired) electrons. The first-order chi connectivity index (χ1) is 9.25. The van der Waals surface area contributed by atoms with E-state index in [1.54, 1.807) is 0 Å². The van der Waals surface area contributed by atoms with Gasteiger partial charge in [0.05, 0.1) is 10.6 Å². The van der Waals surface area contributed by atoms with Crippen LogP contribution in [0.4, 0.5) is 17.6 Å². The number of benzene rings is 1. The van der Waals surface area contributed by atoms with Gasteiger partial charge in [0.15, 0.2) is 0 Å². The molecule has 0 fully saturated rings. The highest BCUT2D eigenvalue weighted by atomic mass is 35.5. The minimum absolute atomic E-state index is 0.0410. The Morgan fingerprint density at radius 2 is 1.75 bits per heavy atom. The molecular formula is C12H5Cl2F4NO.